The van der Waals surface area contributed by atoms with Gasteiger partial charge in [0.25, 0.3) is 0 Å². The van der Waals surface area contributed by atoms with Crippen LogP contribution in [0.5, 0.6) is 5.75 Å². The molecule has 0 aliphatic carbocycles. The molecule has 94 valence electrons. The summed E-state index contributed by atoms with van der Waals surface area (Å²) in [4.78, 5) is 0. The van der Waals surface area contributed by atoms with Crippen LogP contribution in [0.4, 0.5) is 0 Å². The number of ether oxygens (including phenoxy) is 3. The molecule has 0 radical (unpaired) electrons. The van der Waals surface area contributed by atoms with Crippen LogP contribution in [0.25, 0.3) is 0 Å². The average Bonchev–Trinajstić information content (AvgIpc) is 2.42. The second-order valence-electron chi connectivity index (χ2n) is 3.38. The van der Waals surface area contributed by atoms with E-state index in [1.54, 1.807) is 25.3 Å². The Labute approximate surface area is 106 Å². The molecule has 0 amide bonds. The van der Waals surface area contributed by atoms with Crippen LogP contribution < -0.4 is 4.74 Å². The lowest BCUT2D eigenvalue weighted by atomic mass is 10.1. The van der Waals surface area contributed by atoms with Crippen molar-refractivity contribution in [3.05, 3.63) is 29.3 Å². The molecule has 0 unspecified atom stereocenters. The zero-order valence-electron chi connectivity index (χ0n) is 10.2. The first-order valence-electron chi connectivity index (χ1n) is 5.45. The first kappa shape index (κ1) is 14.0. The van der Waals surface area contributed by atoms with Crippen LogP contribution >= 0.6 is 0 Å². The Morgan fingerprint density at radius 1 is 1.00 bits per heavy atom. The van der Waals surface area contributed by atoms with Gasteiger partial charge in [-0.2, -0.15) is 10.5 Å². The maximum Gasteiger partial charge on any atom is 0.120 e. The Morgan fingerprint density at radius 3 is 2.39 bits per heavy atom. The van der Waals surface area contributed by atoms with Gasteiger partial charge in [0.05, 0.1) is 30.9 Å². The van der Waals surface area contributed by atoms with Gasteiger partial charge in [0.15, 0.2) is 0 Å². The molecule has 0 bridgehead atoms. The Kier molecular flexibility index (Phi) is 6.27. The zero-order chi connectivity index (χ0) is 13.2. The predicted molar refractivity (Wildman–Crippen MR) is 64.1 cm³/mol. The molecule has 0 N–H and O–H groups in total. The van der Waals surface area contributed by atoms with Gasteiger partial charge in [-0.25, -0.2) is 0 Å². The van der Waals surface area contributed by atoms with Gasteiger partial charge >= 0.3 is 0 Å². The Balaban J connectivity index is 2.40. The van der Waals surface area contributed by atoms with Crippen LogP contribution in [-0.4, -0.2) is 33.5 Å². The van der Waals surface area contributed by atoms with Crippen LogP contribution in [0.2, 0.25) is 0 Å². The molecule has 1 rings (SSSR count). The third kappa shape index (κ3) is 4.42. The second kappa shape index (κ2) is 8.08. The van der Waals surface area contributed by atoms with Crippen LogP contribution in [0.1, 0.15) is 11.1 Å². The van der Waals surface area contributed by atoms with Crippen molar-refractivity contribution >= 4 is 0 Å². The third-order valence-electron chi connectivity index (χ3n) is 2.16. The van der Waals surface area contributed by atoms with E-state index >= 15 is 0 Å². The summed E-state index contributed by atoms with van der Waals surface area (Å²) in [5.74, 6) is 0.556. The van der Waals surface area contributed by atoms with Crippen molar-refractivity contribution in [2.24, 2.45) is 0 Å². The summed E-state index contributed by atoms with van der Waals surface area (Å²) < 4.78 is 15.5. The van der Waals surface area contributed by atoms with Crippen molar-refractivity contribution in [3.63, 3.8) is 0 Å². The van der Waals surface area contributed by atoms with E-state index in [1.807, 2.05) is 12.1 Å². The SMILES string of the molecule is COCCOCCOc1ccc(C#N)c(C#N)c1. The Hall–Kier alpha value is -2.08. The minimum absolute atomic E-state index is 0.315. The van der Waals surface area contributed by atoms with E-state index in [2.05, 4.69) is 0 Å². The topological polar surface area (TPSA) is 75.3 Å². The van der Waals surface area contributed by atoms with Crippen molar-refractivity contribution in [2.75, 3.05) is 33.5 Å². The number of hydrogen-bond acceptors (Lipinski definition) is 5. The lowest BCUT2D eigenvalue weighted by Crippen LogP contribution is -2.10. The number of rotatable bonds is 7. The van der Waals surface area contributed by atoms with Crippen LogP contribution in [-0.2, 0) is 9.47 Å². The summed E-state index contributed by atoms with van der Waals surface area (Å²) in [5, 5.41) is 17.6. The number of benzene rings is 1. The maximum atomic E-state index is 8.85. The molecule has 0 atom stereocenters. The minimum atomic E-state index is 0.315. The van der Waals surface area contributed by atoms with Crippen molar-refractivity contribution in [1.29, 1.82) is 10.5 Å². The van der Waals surface area contributed by atoms with Gasteiger partial charge in [-0.3, -0.25) is 0 Å². The van der Waals surface area contributed by atoms with Crippen molar-refractivity contribution < 1.29 is 14.2 Å². The summed E-state index contributed by atoms with van der Waals surface area (Å²) in [7, 11) is 1.61. The van der Waals surface area contributed by atoms with Gasteiger partial charge in [-0.15, -0.1) is 0 Å². The summed E-state index contributed by atoms with van der Waals surface area (Å²) in [5.41, 5.74) is 0.663. The molecule has 0 saturated heterocycles. The number of methoxy groups -OCH3 is 1. The number of hydrogen-bond donors (Lipinski definition) is 0. The standard InChI is InChI=1S/C13H14N2O3/c1-16-4-5-17-6-7-18-13-3-2-11(9-14)12(8-13)10-15/h2-3,8H,4-7H2,1H3. The van der Waals surface area contributed by atoms with Gasteiger partial charge in [0.2, 0.25) is 0 Å². The van der Waals surface area contributed by atoms with Crippen molar-refractivity contribution in [3.8, 4) is 17.9 Å². The highest BCUT2D eigenvalue weighted by atomic mass is 16.5. The molecule has 0 fully saturated rings. The van der Waals surface area contributed by atoms with Crippen LogP contribution in [0, 0.1) is 22.7 Å². The van der Waals surface area contributed by atoms with Gasteiger partial charge in [0.1, 0.15) is 24.5 Å². The highest BCUT2D eigenvalue weighted by Gasteiger charge is 2.03. The summed E-state index contributed by atoms with van der Waals surface area (Å²) in [6.07, 6.45) is 0. The first-order valence-corrected chi connectivity index (χ1v) is 5.45. The second-order valence-corrected chi connectivity index (χ2v) is 3.38. The lowest BCUT2D eigenvalue weighted by Gasteiger charge is -2.07. The highest BCUT2D eigenvalue weighted by Crippen LogP contribution is 2.16. The molecule has 18 heavy (non-hydrogen) atoms. The summed E-state index contributed by atoms with van der Waals surface area (Å²) >= 11 is 0. The smallest absolute Gasteiger partial charge is 0.120 e. The van der Waals surface area contributed by atoms with Gasteiger partial charge in [-0.1, -0.05) is 0 Å². The fourth-order valence-electron chi connectivity index (χ4n) is 1.27. The van der Waals surface area contributed by atoms with Crippen molar-refractivity contribution in [2.45, 2.75) is 0 Å². The molecule has 1 aromatic rings. The summed E-state index contributed by atoms with van der Waals surface area (Å²) in [6.45, 7) is 1.91. The van der Waals surface area contributed by atoms with Gasteiger partial charge in [-0.05, 0) is 18.2 Å². The summed E-state index contributed by atoms with van der Waals surface area (Å²) in [6, 6.07) is 8.68. The quantitative estimate of drug-likeness (QED) is 0.681. The Bertz CT molecular complexity index is 460. The molecular weight excluding hydrogens is 232 g/mol. The molecule has 5 heteroatoms. The van der Waals surface area contributed by atoms with Crippen LogP contribution in [0.3, 0.4) is 0 Å². The minimum Gasteiger partial charge on any atom is -0.491 e. The predicted octanol–water partition coefficient (Wildman–Crippen LogP) is 1.47. The molecule has 0 spiro atoms. The van der Waals surface area contributed by atoms with E-state index in [9.17, 15) is 0 Å². The van der Waals surface area contributed by atoms with Gasteiger partial charge < -0.3 is 14.2 Å². The van der Waals surface area contributed by atoms with E-state index in [1.165, 1.54) is 0 Å². The molecule has 0 aliphatic heterocycles. The average molecular weight is 246 g/mol. The number of nitriles is 2. The Morgan fingerprint density at radius 2 is 1.72 bits per heavy atom. The molecule has 0 heterocycles. The highest BCUT2D eigenvalue weighted by molar-refractivity contribution is 5.49. The third-order valence-corrected chi connectivity index (χ3v) is 2.16. The van der Waals surface area contributed by atoms with E-state index in [0.717, 1.165) is 0 Å². The van der Waals surface area contributed by atoms with E-state index in [0.29, 0.717) is 43.3 Å². The monoisotopic (exact) mass is 246 g/mol. The zero-order valence-corrected chi connectivity index (χ0v) is 10.2. The van der Waals surface area contributed by atoms with Crippen molar-refractivity contribution in [1.82, 2.24) is 0 Å². The number of nitrogens with zero attached hydrogens (tertiary/aromatic N) is 2. The molecular formula is C13H14N2O3. The molecule has 0 saturated carbocycles. The van der Waals surface area contributed by atoms with Crippen LogP contribution in [0.15, 0.2) is 18.2 Å². The fraction of sp³-hybridized carbons (Fsp3) is 0.385. The molecule has 1 aromatic carbocycles. The maximum absolute atomic E-state index is 8.85. The fourth-order valence-corrected chi connectivity index (χ4v) is 1.27. The molecule has 5 nitrogen and oxygen atoms in total. The van der Waals surface area contributed by atoms with E-state index < -0.39 is 0 Å². The normalized spacial score (nSPS) is 9.50. The largest absolute Gasteiger partial charge is 0.491 e. The van der Waals surface area contributed by atoms with E-state index in [-0.39, 0.29) is 0 Å². The van der Waals surface area contributed by atoms with E-state index in [4.69, 9.17) is 24.7 Å². The molecule has 0 aliphatic rings. The lowest BCUT2D eigenvalue weighted by molar-refractivity contribution is 0.0544. The first-order chi connectivity index (χ1) is 8.81. The molecule has 0 aromatic heterocycles. The van der Waals surface area contributed by atoms with Gasteiger partial charge in [0, 0.05) is 7.11 Å².